The van der Waals surface area contributed by atoms with E-state index in [1.54, 1.807) is 0 Å². The molecule has 0 spiro atoms. The normalized spacial score (nSPS) is 14.3. The predicted molar refractivity (Wildman–Crippen MR) is 51.5 cm³/mol. The van der Waals surface area contributed by atoms with E-state index >= 15 is 0 Å². The van der Waals surface area contributed by atoms with Gasteiger partial charge in [-0.2, -0.15) is 0 Å². The van der Waals surface area contributed by atoms with Crippen LogP contribution in [-0.2, 0) is 0 Å². The quantitative estimate of drug-likeness (QED) is 0.657. The number of hydrogen-bond acceptors (Lipinski definition) is 0. The van der Waals surface area contributed by atoms with Crippen molar-refractivity contribution in [2.45, 2.75) is 26.8 Å². The molecule has 0 saturated carbocycles. The second-order valence-corrected chi connectivity index (χ2v) is 4.33. The molecule has 0 aliphatic carbocycles. The summed E-state index contributed by atoms with van der Waals surface area (Å²) in [7, 11) is 0. The first-order valence-corrected chi connectivity index (χ1v) is 4.40. The third-order valence-electron chi connectivity index (χ3n) is 2.25. The lowest BCUT2D eigenvalue weighted by Crippen LogP contribution is -2.59. The lowest BCUT2D eigenvalue weighted by atomic mass is 9.83. The molecule has 1 atom stereocenters. The van der Waals surface area contributed by atoms with Gasteiger partial charge in [0.05, 0.1) is 0 Å². The Balaban J connectivity index is 2.86. The Bertz CT molecular complexity index is 233. The Labute approximate surface area is 74.6 Å². The van der Waals surface area contributed by atoms with Crippen molar-refractivity contribution in [2.24, 2.45) is 5.41 Å². The van der Waals surface area contributed by atoms with Crippen molar-refractivity contribution in [3.8, 4) is 0 Å². The smallest absolute Gasteiger partial charge is 0.115 e. The molecule has 66 valence electrons. The molecule has 12 heavy (non-hydrogen) atoms. The number of quaternary nitrogens is 1. The molecule has 1 aromatic carbocycles. The Morgan fingerprint density at radius 3 is 2.00 bits per heavy atom. The predicted octanol–water partition coefficient (Wildman–Crippen LogP) is 2.02. The second kappa shape index (κ2) is 3.28. The van der Waals surface area contributed by atoms with Gasteiger partial charge in [0, 0.05) is 11.0 Å². The maximum atomic E-state index is 4.18. The van der Waals surface area contributed by atoms with Crippen molar-refractivity contribution < 1.29 is 5.73 Å². The van der Waals surface area contributed by atoms with Crippen LogP contribution in [0.5, 0.6) is 0 Å². The molecule has 1 heteroatoms. The van der Waals surface area contributed by atoms with E-state index in [1.165, 1.54) is 5.56 Å². The van der Waals surface area contributed by atoms with Crippen LogP contribution in [0.25, 0.3) is 0 Å². The molecule has 0 fully saturated rings. The summed E-state index contributed by atoms with van der Waals surface area (Å²) in [6.07, 6.45) is 0. The van der Waals surface area contributed by atoms with E-state index in [1.807, 2.05) is 6.07 Å². The molecule has 1 aromatic rings. The number of hydrogen-bond donors (Lipinski definition) is 1. The fourth-order valence-corrected chi connectivity index (χ4v) is 1.19. The number of benzene rings is 1. The highest BCUT2D eigenvalue weighted by Gasteiger charge is 2.25. The van der Waals surface area contributed by atoms with Crippen LogP contribution < -0.4 is 5.73 Å². The van der Waals surface area contributed by atoms with Crippen LogP contribution in [-0.4, -0.2) is 0 Å². The summed E-state index contributed by atoms with van der Waals surface area (Å²) in [6.45, 7) is 6.66. The van der Waals surface area contributed by atoms with Crippen LogP contribution in [0.15, 0.2) is 30.3 Å². The van der Waals surface area contributed by atoms with Crippen LogP contribution in [0.3, 0.4) is 0 Å². The van der Waals surface area contributed by atoms with E-state index in [4.69, 9.17) is 0 Å². The molecule has 1 rings (SSSR count). The highest BCUT2D eigenvalue weighted by Crippen LogP contribution is 2.28. The Kier molecular flexibility index (Phi) is 2.53. The molecule has 0 heterocycles. The maximum Gasteiger partial charge on any atom is 0.115 e. The molecule has 0 aliphatic heterocycles. The molecule has 1 nitrogen and oxygen atoms in total. The zero-order valence-electron chi connectivity index (χ0n) is 8.17. The van der Waals surface area contributed by atoms with Crippen LogP contribution in [0.1, 0.15) is 32.4 Å². The third kappa shape index (κ3) is 2.08. The summed E-state index contributed by atoms with van der Waals surface area (Å²) in [6, 6.07) is 10.8. The summed E-state index contributed by atoms with van der Waals surface area (Å²) in [5.74, 6) is 0. The molecule has 0 radical (unpaired) electrons. The monoisotopic (exact) mass is 164 g/mol. The third-order valence-corrected chi connectivity index (χ3v) is 2.25. The topological polar surface area (TPSA) is 27.6 Å². The van der Waals surface area contributed by atoms with Crippen LogP contribution >= 0.6 is 0 Å². The lowest BCUT2D eigenvalue weighted by molar-refractivity contribution is -0.450. The van der Waals surface area contributed by atoms with E-state index in [-0.39, 0.29) is 5.41 Å². The van der Waals surface area contributed by atoms with Gasteiger partial charge in [0.15, 0.2) is 0 Å². The first-order chi connectivity index (χ1) is 5.52. The average molecular weight is 164 g/mol. The van der Waals surface area contributed by atoms with Gasteiger partial charge in [0.2, 0.25) is 0 Å². The first kappa shape index (κ1) is 9.27. The van der Waals surface area contributed by atoms with Crippen molar-refractivity contribution in [3.63, 3.8) is 0 Å². The highest BCUT2D eigenvalue weighted by atomic mass is 14.7. The van der Waals surface area contributed by atoms with E-state index in [0.29, 0.717) is 6.04 Å². The maximum absolute atomic E-state index is 4.18. The van der Waals surface area contributed by atoms with Gasteiger partial charge in [0.1, 0.15) is 6.04 Å². The van der Waals surface area contributed by atoms with Gasteiger partial charge in [0.25, 0.3) is 0 Å². The molecular weight excluding hydrogens is 146 g/mol. The Hall–Kier alpha value is -0.820. The summed E-state index contributed by atoms with van der Waals surface area (Å²) >= 11 is 0. The summed E-state index contributed by atoms with van der Waals surface area (Å²) in [4.78, 5) is 0. The number of rotatable bonds is 1. The van der Waals surface area contributed by atoms with Gasteiger partial charge < -0.3 is 5.73 Å². The Morgan fingerprint density at radius 2 is 1.58 bits per heavy atom. The SMILES string of the molecule is CC(C)(C)C([NH3+])c1ccccc1. The van der Waals surface area contributed by atoms with Crippen molar-refractivity contribution in [3.05, 3.63) is 35.9 Å². The summed E-state index contributed by atoms with van der Waals surface area (Å²) < 4.78 is 0. The van der Waals surface area contributed by atoms with Gasteiger partial charge in [-0.25, -0.2) is 0 Å². The van der Waals surface area contributed by atoms with Crippen molar-refractivity contribution >= 4 is 0 Å². The minimum absolute atomic E-state index is 0.251. The minimum atomic E-state index is 0.251. The van der Waals surface area contributed by atoms with Gasteiger partial charge in [-0.15, -0.1) is 0 Å². The fraction of sp³-hybridized carbons (Fsp3) is 0.455. The van der Waals surface area contributed by atoms with Crippen molar-refractivity contribution in [1.29, 1.82) is 0 Å². The zero-order chi connectivity index (χ0) is 9.19. The van der Waals surface area contributed by atoms with Gasteiger partial charge >= 0.3 is 0 Å². The highest BCUT2D eigenvalue weighted by molar-refractivity contribution is 5.18. The van der Waals surface area contributed by atoms with E-state index < -0.39 is 0 Å². The summed E-state index contributed by atoms with van der Waals surface area (Å²) in [5, 5.41) is 0. The fourth-order valence-electron chi connectivity index (χ4n) is 1.19. The minimum Gasteiger partial charge on any atom is -0.351 e. The molecule has 0 aliphatic rings. The standard InChI is InChI=1S/C11H17N/c1-11(2,3)10(12)9-7-5-4-6-8-9/h4-8,10H,12H2,1-3H3/p+1. The van der Waals surface area contributed by atoms with Crippen LogP contribution in [0.2, 0.25) is 0 Å². The van der Waals surface area contributed by atoms with Gasteiger partial charge in [-0.3, -0.25) is 0 Å². The second-order valence-electron chi connectivity index (χ2n) is 4.33. The molecule has 0 aromatic heterocycles. The molecule has 0 amide bonds. The first-order valence-electron chi connectivity index (χ1n) is 4.40. The van der Waals surface area contributed by atoms with E-state index in [0.717, 1.165) is 0 Å². The van der Waals surface area contributed by atoms with Crippen LogP contribution in [0, 0.1) is 5.41 Å². The van der Waals surface area contributed by atoms with Crippen molar-refractivity contribution in [2.75, 3.05) is 0 Å². The van der Waals surface area contributed by atoms with Gasteiger partial charge in [-0.05, 0) is 0 Å². The Morgan fingerprint density at radius 1 is 1.08 bits per heavy atom. The lowest BCUT2D eigenvalue weighted by Gasteiger charge is -2.23. The molecular formula is C11H18N+. The molecule has 0 bridgehead atoms. The van der Waals surface area contributed by atoms with Crippen LogP contribution in [0.4, 0.5) is 0 Å². The largest absolute Gasteiger partial charge is 0.351 e. The van der Waals surface area contributed by atoms with E-state index in [9.17, 15) is 0 Å². The van der Waals surface area contributed by atoms with Crippen molar-refractivity contribution in [1.82, 2.24) is 0 Å². The zero-order valence-corrected chi connectivity index (χ0v) is 8.17. The summed E-state index contributed by atoms with van der Waals surface area (Å²) in [5.41, 5.74) is 5.75. The molecule has 3 N–H and O–H groups in total. The van der Waals surface area contributed by atoms with E-state index in [2.05, 4.69) is 50.8 Å². The van der Waals surface area contributed by atoms with Gasteiger partial charge in [-0.1, -0.05) is 51.1 Å². The molecule has 0 saturated heterocycles. The molecule has 1 unspecified atom stereocenters. The average Bonchev–Trinajstić information content (AvgIpc) is 2.03.